The molecule has 0 aliphatic carbocycles. The molecule has 1 saturated heterocycles. The number of carbonyl (C=O) groups is 2. The minimum Gasteiger partial charge on any atom is -0.366 e. The molecule has 4 heterocycles. The lowest BCUT2D eigenvalue weighted by Gasteiger charge is -2.35. The second kappa shape index (κ2) is 7.58. The van der Waals surface area contributed by atoms with Crippen LogP contribution in [0.3, 0.4) is 0 Å². The summed E-state index contributed by atoms with van der Waals surface area (Å²) in [5.41, 5.74) is 1.54. The van der Waals surface area contributed by atoms with Crippen molar-refractivity contribution in [1.29, 1.82) is 0 Å². The van der Waals surface area contributed by atoms with Gasteiger partial charge in [0.2, 0.25) is 0 Å². The van der Waals surface area contributed by atoms with Crippen LogP contribution in [0.4, 0.5) is 35.3 Å². The van der Waals surface area contributed by atoms with Gasteiger partial charge in [0.25, 0.3) is 0 Å². The SMILES string of the molecule is Cc1ccnc(NC(=O)N2c3nc(C(=O)CCC(F)(F)F)ccc3N3CC[C@H]2C3)c1. The van der Waals surface area contributed by atoms with Crippen LogP contribution < -0.4 is 15.1 Å². The number of hydrogen-bond donors (Lipinski definition) is 1. The molecular formula is C20H20F3N5O2. The van der Waals surface area contributed by atoms with Gasteiger partial charge in [0, 0.05) is 25.7 Å². The molecule has 1 N–H and O–H groups in total. The van der Waals surface area contributed by atoms with Crippen LogP contribution in [0, 0.1) is 6.92 Å². The summed E-state index contributed by atoms with van der Waals surface area (Å²) in [4.78, 5) is 37.3. The Morgan fingerprint density at radius 1 is 1.27 bits per heavy atom. The zero-order valence-electron chi connectivity index (χ0n) is 16.2. The Bertz CT molecular complexity index is 995. The van der Waals surface area contributed by atoms with E-state index >= 15 is 0 Å². The molecule has 0 aromatic carbocycles. The van der Waals surface area contributed by atoms with Gasteiger partial charge in [-0.2, -0.15) is 13.2 Å². The maximum absolute atomic E-state index is 13.1. The highest BCUT2D eigenvalue weighted by Gasteiger charge is 2.40. The van der Waals surface area contributed by atoms with Gasteiger partial charge in [-0.3, -0.25) is 15.0 Å². The second-order valence-electron chi connectivity index (χ2n) is 7.48. The van der Waals surface area contributed by atoms with Crippen molar-refractivity contribution in [3.63, 3.8) is 0 Å². The first-order valence-corrected chi connectivity index (χ1v) is 9.60. The van der Waals surface area contributed by atoms with E-state index < -0.39 is 30.8 Å². The van der Waals surface area contributed by atoms with Gasteiger partial charge in [-0.25, -0.2) is 14.8 Å². The van der Waals surface area contributed by atoms with Crippen molar-refractivity contribution in [1.82, 2.24) is 9.97 Å². The van der Waals surface area contributed by atoms with E-state index in [0.717, 1.165) is 18.5 Å². The van der Waals surface area contributed by atoms with Crippen molar-refractivity contribution in [2.45, 2.75) is 38.4 Å². The molecule has 4 rings (SSSR count). The Balaban J connectivity index is 1.62. The highest BCUT2D eigenvalue weighted by atomic mass is 19.4. The maximum atomic E-state index is 13.1. The predicted octanol–water partition coefficient (Wildman–Crippen LogP) is 3.94. The van der Waals surface area contributed by atoms with E-state index in [0.29, 0.717) is 18.1 Å². The number of urea groups is 1. The monoisotopic (exact) mass is 419 g/mol. The standard InChI is InChI=1S/C20H20F3N5O2/c1-12-5-8-24-17(10-12)26-19(30)28-13-6-9-27(11-13)15-3-2-14(25-18(15)28)16(29)4-7-20(21,22)23/h2-3,5,8,10,13H,4,6-7,9,11H2,1H3,(H,24,26,30)/t13-/m0/s1. The lowest BCUT2D eigenvalue weighted by molar-refractivity contribution is -0.133. The van der Waals surface area contributed by atoms with Crippen molar-refractivity contribution < 1.29 is 22.8 Å². The Kier molecular flexibility index (Phi) is 5.08. The van der Waals surface area contributed by atoms with Crippen LogP contribution in [0.1, 0.15) is 35.3 Å². The predicted molar refractivity (Wildman–Crippen MR) is 105 cm³/mol. The van der Waals surface area contributed by atoms with Crippen LogP contribution in [0.2, 0.25) is 0 Å². The van der Waals surface area contributed by atoms with Crippen molar-refractivity contribution in [3.05, 3.63) is 41.7 Å². The third-order valence-electron chi connectivity index (χ3n) is 5.24. The van der Waals surface area contributed by atoms with E-state index in [1.165, 1.54) is 11.0 Å². The van der Waals surface area contributed by atoms with E-state index in [-0.39, 0.29) is 17.6 Å². The third-order valence-corrected chi connectivity index (χ3v) is 5.24. The summed E-state index contributed by atoms with van der Waals surface area (Å²) in [6.45, 7) is 3.24. The number of amides is 2. The van der Waals surface area contributed by atoms with Gasteiger partial charge in [-0.05, 0) is 43.2 Å². The van der Waals surface area contributed by atoms with E-state index in [1.54, 1.807) is 24.4 Å². The number of ketones is 1. The minimum atomic E-state index is -4.42. The molecule has 1 atom stereocenters. The quantitative estimate of drug-likeness (QED) is 0.760. The number of fused-ring (bicyclic) bond motifs is 4. The molecule has 2 aromatic heterocycles. The molecule has 0 saturated carbocycles. The summed E-state index contributed by atoms with van der Waals surface area (Å²) in [7, 11) is 0. The van der Waals surface area contributed by atoms with E-state index in [9.17, 15) is 22.8 Å². The maximum Gasteiger partial charge on any atom is 0.389 e. The lowest BCUT2D eigenvalue weighted by Crippen LogP contribution is -2.48. The largest absolute Gasteiger partial charge is 0.389 e. The first-order chi connectivity index (χ1) is 14.2. The minimum absolute atomic E-state index is 0.0769. The molecule has 7 nitrogen and oxygen atoms in total. The van der Waals surface area contributed by atoms with Crippen molar-refractivity contribution in [2.75, 3.05) is 28.2 Å². The Morgan fingerprint density at radius 2 is 2.07 bits per heavy atom. The first-order valence-electron chi connectivity index (χ1n) is 9.60. The number of halogens is 3. The Morgan fingerprint density at radius 3 is 2.80 bits per heavy atom. The number of anilines is 3. The molecule has 0 spiro atoms. The highest BCUT2D eigenvalue weighted by molar-refractivity contribution is 6.05. The number of aryl methyl sites for hydroxylation is 1. The number of alkyl halides is 3. The highest BCUT2D eigenvalue weighted by Crippen LogP contribution is 2.39. The van der Waals surface area contributed by atoms with Crippen LogP contribution >= 0.6 is 0 Å². The molecule has 10 heteroatoms. The average Bonchev–Trinajstić information content (AvgIpc) is 3.09. The van der Waals surface area contributed by atoms with Crippen LogP contribution in [-0.2, 0) is 0 Å². The van der Waals surface area contributed by atoms with Crippen LogP contribution in [0.25, 0.3) is 0 Å². The zero-order valence-corrected chi connectivity index (χ0v) is 16.2. The number of hydrogen-bond acceptors (Lipinski definition) is 5. The molecule has 2 aliphatic rings. The smallest absolute Gasteiger partial charge is 0.366 e. The number of nitrogens with one attached hydrogen (secondary N) is 1. The van der Waals surface area contributed by atoms with Crippen LogP contribution in [0.5, 0.6) is 0 Å². The summed E-state index contributed by atoms with van der Waals surface area (Å²) in [5, 5.41) is 2.75. The fraction of sp³-hybridized carbons (Fsp3) is 0.400. The third kappa shape index (κ3) is 4.07. The normalized spacial score (nSPS) is 17.7. The van der Waals surface area contributed by atoms with Gasteiger partial charge in [0.15, 0.2) is 11.6 Å². The van der Waals surface area contributed by atoms with Gasteiger partial charge in [-0.15, -0.1) is 0 Å². The Labute approximate surface area is 170 Å². The molecule has 2 aromatic rings. The summed E-state index contributed by atoms with van der Waals surface area (Å²) >= 11 is 0. The molecule has 158 valence electrons. The number of carbonyl (C=O) groups excluding carboxylic acids is 2. The molecule has 30 heavy (non-hydrogen) atoms. The average molecular weight is 419 g/mol. The molecule has 0 unspecified atom stereocenters. The van der Waals surface area contributed by atoms with Crippen molar-refractivity contribution in [2.24, 2.45) is 0 Å². The summed E-state index contributed by atoms with van der Waals surface area (Å²) in [5.74, 6) is -0.0325. The number of Topliss-reactive ketones (excluding diaryl/α,β-unsaturated/α-hetero) is 1. The number of nitrogens with zero attached hydrogens (tertiary/aromatic N) is 4. The zero-order chi connectivity index (χ0) is 21.5. The molecule has 0 radical (unpaired) electrons. The van der Waals surface area contributed by atoms with Gasteiger partial charge >= 0.3 is 12.2 Å². The van der Waals surface area contributed by atoms with Crippen LogP contribution in [-0.4, -0.2) is 47.1 Å². The lowest BCUT2D eigenvalue weighted by atomic mass is 10.1. The van der Waals surface area contributed by atoms with E-state index in [2.05, 4.69) is 20.2 Å². The van der Waals surface area contributed by atoms with Crippen molar-refractivity contribution >= 4 is 29.1 Å². The second-order valence-corrected chi connectivity index (χ2v) is 7.48. The van der Waals surface area contributed by atoms with Crippen LogP contribution in [0.15, 0.2) is 30.5 Å². The molecule has 2 bridgehead atoms. The number of aromatic nitrogens is 2. The topological polar surface area (TPSA) is 78.4 Å². The fourth-order valence-corrected chi connectivity index (χ4v) is 3.78. The van der Waals surface area contributed by atoms with Gasteiger partial charge in [0.05, 0.1) is 18.2 Å². The van der Waals surface area contributed by atoms with Gasteiger partial charge < -0.3 is 4.90 Å². The van der Waals surface area contributed by atoms with E-state index in [4.69, 9.17) is 0 Å². The summed E-state index contributed by atoms with van der Waals surface area (Å²) in [6.07, 6.45) is -3.99. The summed E-state index contributed by atoms with van der Waals surface area (Å²) < 4.78 is 37.4. The summed E-state index contributed by atoms with van der Waals surface area (Å²) in [6, 6.07) is 6.03. The molecule has 2 amide bonds. The first kappa shape index (κ1) is 20.1. The van der Waals surface area contributed by atoms with Crippen molar-refractivity contribution in [3.8, 4) is 0 Å². The van der Waals surface area contributed by atoms with Gasteiger partial charge in [0.1, 0.15) is 11.5 Å². The molecular weight excluding hydrogens is 399 g/mol. The Hall–Kier alpha value is -3.17. The number of rotatable bonds is 4. The fourth-order valence-electron chi connectivity index (χ4n) is 3.78. The molecule has 2 aliphatic heterocycles. The number of pyridine rings is 2. The van der Waals surface area contributed by atoms with E-state index in [1.807, 2.05) is 6.92 Å². The molecule has 1 fully saturated rings. The van der Waals surface area contributed by atoms with Gasteiger partial charge in [-0.1, -0.05) is 0 Å².